The molecule has 0 radical (unpaired) electrons. The maximum atomic E-state index is 13.7. The number of carboxylic acid groups (broad SMARTS) is 1. The first-order valence-electron chi connectivity index (χ1n) is 7.91. The summed E-state index contributed by atoms with van der Waals surface area (Å²) >= 11 is 0. The molecule has 2 aromatic carbocycles. The van der Waals surface area contributed by atoms with Crippen molar-refractivity contribution in [2.75, 3.05) is 6.26 Å². The van der Waals surface area contributed by atoms with E-state index in [1.807, 2.05) is 13.0 Å². The molecule has 2 aromatic rings. The van der Waals surface area contributed by atoms with Gasteiger partial charge < -0.3 is 5.11 Å². The smallest absolute Gasteiger partial charge is 0.307 e. The summed E-state index contributed by atoms with van der Waals surface area (Å²) in [4.78, 5) is 11.4. The average Bonchev–Trinajstić information content (AvgIpc) is 2.79. The van der Waals surface area contributed by atoms with Crippen molar-refractivity contribution in [2.24, 2.45) is 0 Å². The van der Waals surface area contributed by atoms with Crippen LogP contribution in [0.5, 0.6) is 0 Å². The predicted octanol–water partition coefficient (Wildman–Crippen LogP) is 4.03. The number of sulfone groups is 1. The van der Waals surface area contributed by atoms with E-state index in [-0.39, 0.29) is 11.3 Å². The topological polar surface area (TPSA) is 71.4 Å². The van der Waals surface area contributed by atoms with E-state index in [0.29, 0.717) is 11.1 Å². The van der Waals surface area contributed by atoms with Crippen LogP contribution in [-0.2, 0) is 14.6 Å². The highest BCUT2D eigenvalue weighted by atomic mass is 32.2. The van der Waals surface area contributed by atoms with Gasteiger partial charge in [-0.05, 0) is 70.7 Å². The monoisotopic (exact) mass is 372 g/mol. The number of hydrogen-bond donors (Lipinski definition) is 1. The molecule has 4 nitrogen and oxygen atoms in total. The van der Waals surface area contributed by atoms with Crippen molar-refractivity contribution in [1.29, 1.82) is 0 Å². The van der Waals surface area contributed by atoms with Gasteiger partial charge in [0.05, 0.1) is 11.3 Å². The van der Waals surface area contributed by atoms with Gasteiger partial charge in [0.2, 0.25) is 0 Å². The summed E-state index contributed by atoms with van der Waals surface area (Å²) in [6, 6.07) is 10.8. The van der Waals surface area contributed by atoms with Gasteiger partial charge >= 0.3 is 5.97 Å². The van der Waals surface area contributed by atoms with Crippen LogP contribution >= 0.6 is 0 Å². The molecule has 0 amide bonds. The fourth-order valence-corrected chi connectivity index (χ4v) is 3.74. The van der Waals surface area contributed by atoms with Gasteiger partial charge in [-0.1, -0.05) is 18.2 Å². The summed E-state index contributed by atoms with van der Waals surface area (Å²) in [5.74, 6) is -1.40. The minimum atomic E-state index is -3.27. The fourth-order valence-electron chi connectivity index (χ4n) is 3.11. The highest BCUT2D eigenvalue weighted by molar-refractivity contribution is 7.90. The van der Waals surface area contributed by atoms with Crippen LogP contribution < -0.4 is 0 Å². The first-order valence-corrected chi connectivity index (χ1v) is 9.80. The summed E-state index contributed by atoms with van der Waals surface area (Å²) in [5, 5.41) is 9.17. The van der Waals surface area contributed by atoms with Crippen LogP contribution in [0.1, 0.15) is 30.0 Å². The second kappa shape index (κ2) is 6.53. The van der Waals surface area contributed by atoms with E-state index in [0.717, 1.165) is 28.5 Å². The molecule has 0 fully saturated rings. The van der Waals surface area contributed by atoms with Crippen LogP contribution in [0, 0.1) is 5.82 Å². The number of benzene rings is 2. The van der Waals surface area contributed by atoms with Crippen LogP contribution in [0.25, 0.3) is 17.2 Å². The first-order chi connectivity index (χ1) is 12.2. The molecule has 6 heteroatoms. The van der Waals surface area contributed by atoms with Crippen molar-refractivity contribution in [3.8, 4) is 0 Å². The number of hydrogen-bond acceptors (Lipinski definition) is 3. The minimum Gasteiger partial charge on any atom is -0.481 e. The van der Waals surface area contributed by atoms with E-state index in [4.69, 9.17) is 5.11 Å². The molecule has 0 unspecified atom stereocenters. The number of carboxylic acids is 1. The third-order valence-corrected chi connectivity index (χ3v) is 5.53. The van der Waals surface area contributed by atoms with Crippen LogP contribution in [0.15, 0.2) is 52.9 Å². The molecule has 1 aliphatic rings. The quantitative estimate of drug-likeness (QED) is 0.879. The van der Waals surface area contributed by atoms with Gasteiger partial charge in [-0.2, -0.15) is 0 Å². The van der Waals surface area contributed by atoms with E-state index >= 15 is 0 Å². The normalized spacial score (nSPS) is 15.4. The maximum absolute atomic E-state index is 13.7. The predicted molar refractivity (Wildman–Crippen MR) is 98.7 cm³/mol. The third-order valence-electron chi connectivity index (χ3n) is 4.40. The lowest BCUT2D eigenvalue weighted by Crippen LogP contribution is -1.97. The molecule has 0 bridgehead atoms. The molecule has 0 spiro atoms. The molecule has 3 rings (SSSR count). The lowest BCUT2D eigenvalue weighted by molar-refractivity contribution is -0.135. The zero-order valence-electron chi connectivity index (χ0n) is 14.3. The second-order valence-corrected chi connectivity index (χ2v) is 8.28. The van der Waals surface area contributed by atoms with E-state index in [2.05, 4.69) is 0 Å². The zero-order chi connectivity index (χ0) is 19.1. The molecule has 0 aliphatic heterocycles. The summed E-state index contributed by atoms with van der Waals surface area (Å²) in [7, 11) is -3.27. The van der Waals surface area contributed by atoms with Crippen molar-refractivity contribution >= 4 is 33.0 Å². The Balaban J connectivity index is 2.11. The Morgan fingerprint density at radius 1 is 1.12 bits per heavy atom. The van der Waals surface area contributed by atoms with Crippen molar-refractivity contribution in [3.05, 3.63) is 70.5 Å². The number of halogens is 1. The highest BCUT2D eigenvalue weighted by Crippen LogP contribution is 2.43. The molecular weight excluding hydrogens is 355 g/mol. The molecular formula is C20H17FO4S. The van der Waals surface area contributed by atoms with Gasteiger partial charge in [-0.15, -0.1) is 0 Å². The van der Waals surface area contributed by atoms with Crippen LogP contribution in [0.2, 0.25) is 0 Å². The summed E-state index contributed by atoms with van der Waals surface area (Å²) in [6.45, 7) is 1.81. The first kappa shape index (κ1) is 18.1. The summed E-state index contributed by atoms with van der Waals surface area (Å²) in [5.41, 5.74) is 4.31. The molecule has 1 aliphatic carbocycles. The van der Waals surface area contributed by atoms with Crippen LogP contribution in [-0.4, -0.2) is 25.7 Å². The zero-order valence-corrected chi connectivity index (χ0v) is 15.1. The van der Waals surface area contributed by atoms with Crippen molar-refractivity contribution in [3.63, 3.8) is 0 Å². The molecule has 26 heavy (non-hydrogen) atoms. The van der Waals surface area contributed by atoms with Gasteiger partial charge in [0.25, 0.3) is 0 Å². The van der Waals surface area contributed by atoms with Gasteiger partial charge in [-0.3, -0.25) is 4.79 Å². The lowest BCUT2D eigenvalue weighted by atomic mass is 10.0. The van der Waals surface area contributed by atoms with Gasteiger partial charge in [0, 0.05) is 6.26 Å². The molecule has 0 heterocycles. The second-order valence-electron chi connectivity index (χ2n) is 6.26. The Labute approximate surface area is 151 Å². The number of fused-ring (bicyclic) bond motifs is 1. The number of aliphatic carboxylic acids is 1. The van der Waals surface area contributed by atoms with E-state index < -0.39 is 21.6 Å². The lowest BCUT2D eigenvalue weighted by Gasteiger charge is -2.05. The van der Waals surface area contributed by atoms with E-state index in [1.165, 1.54) is 24.3 Å². The molecule has 0 atom stereocenters. The molecule has 0 saturated carbocycles. The Bertz CT molecular complexity index is 1060. The van der Waals surface area contributed by atoms with Gasteiger partial charge in [0.1, 0.15) is 5.82 Å². The maximum Gasteiger partial charge on any atom is 0.307 e. The Morgan fingerprint density at radius 2 is 1.77 bits per heavy atom. The minimum absolute atomic E-state index is 0.188. The third kappa shape index (κ3) is 3.46. The number of carbonyl (C=O) groups is 1. The largest absolute Gasteiger partial charge is 0.481 e. The summed E-state index contributed by atoms with van der Waals surface area (Å²) in [6.07, 6.45) is 2.81. The summed E-state index contributed by atoms with van der Waals surface area (Å²) < 4.78 is 36.8. The fraction of sp³-hybridized carbons (Fsp3) is 0.150. The SMILES string of the molecule is CC1=C(CC(=O)O)c2cc(F)ccc2/C1=C\c1ccc(S(C)(=O)=O)cc1. The van der Waals surface area contributed by atoms with Gasteiger partial charge in [-0.25, -0.2) is 12.8 Å². The number of allylic oxidation sites excluding steroid dienone is 2. The van der Waals surface area contributed by atoms with Crippen LogP contribution in [0.4, 0.5) is 4.39 Å². The van der Waals surface area contributed by atoms with Crippen LogP contribution in [0.3, 0.4) is 0 Å². The Hall–Kier alpha value is -2.73. The molecule has 0 aromatic heterocycles. The Kier molecular flexibility index (Phi) is 4.54. The average molecular weight is 372 g/mol. The molecule has 1 N–H and O–H groups in total. The Morgan fingerprint density at radius 3 is 2.35 bits per heavy atom. The van der Waals surface area contributed by atoms with Crippen molar-refractivity contribution in [1.82, 2.24) is 0 Å². The standard InChI is InChI=1S/C20H17FO4S/c1-12-17(9-13-3-6-15(7-4-13)26(2,24)25)16-8-5-14(21)10-19(16)18(12)11-20(22)23/h3-10H,11H2,1-2H3,(H,22,23)/b17-9-. The molecule has 0 saturated heterocycles. The van der Waals surface area contributed by atoms with Crippen molar-refractivity contribution in [2.45, 2.75) is 18.2 Å². The van der Waals surface area contributed by atoms with E-state index in [9.17, 15) is 17.6 Å². The van der Waals surface area contributed by atoms with Gasteiger partial charge in [0.15, 0.2) is 9.84 Å². The number of rotatable bonds is 4. The van der Waals surface area contributed by atoms with E-state index in [1.54, 1.807) is 18.2 Å². The van der Waals surface area contributed by atoms with Crippen molar-refractivity contribution < 1.29 is 22.7 Å². The molecule has 134 valence electrons. The highest BCUT2D eigenvalue weighted by Gasteiger charge is 2.25.